The highest BCUT2D eigenvalue weighted by Crippen LogP contribution is 2.43. The predicted molar refractivity (Wildman–Crippen MR) is 128 cm³/mol. The van der Waals surface area contributed by atoms with Gasteiger partial charge >= 0.3 is 0 Å². The summed E-state index contributed by atoms with van der Waals surface area (Å²) >= 11 is 6.25. The average Bonchev–Trinajstić information content (AvgIpc) is 2.90. The molecular formula is C23H27ClN6O2. The quantitative estimate of drug-likeness (QED) is 0.712. The molecule has 32 heavy (non-hydrogen) atoms. The Kier molecular flexibility index (Phi) is 6.53. The number of allylic oxidation sites excluding steroid dienone is 3. The summed E-state index contributed by atoms with van der Waals surface area (Å²) in [5.74, 6) is 0.941. The van der Waals surface area contributed by atoms with Gasteiger partial charge in [-0.15, -0.1) is 0 Å². The van der Waals surface area contributed by atoms with Crippen LogP contribution < -0.4 is 10.1 Å². The Hall–Kier alpha value is -2.84. The number of hydrogen-bond acceptors (Lipinski definition) is 8. The van der Waals surface area contributed by atoms with E-state index in [0.717, 1.165) is 36.2 Å². The molecule has 1 saturated carbocycles. The highest BCUT2D eigenvalue weighted by Gasteiger charge is 2.48. The number of Topliss-reactive ketones (excluding diaryl/α,β-unsaturated/α-hetero) is 1. The fourth-order valence-electron chi connectivity index (χ4n) is 4.21. The number of ketones is 1. The van der Waals surface area contributed by atoms with Gasteiger partial charge in [0.15, 0.2) is 5.66 Å². The summed E-state index contributed by atoms with van der Waals surface area (Å²) in [4.78, 5) is 32.9. The lowest BCUT2D eigenvalue weighted by Crippen LogP contribution is -2.46. The number of anilines is 1. The smallest absolute Gasteiger partial charge is 0.224 e. The molecule has 8 nitrogen and oxygen atoms in total. The number of aryl methyl sites for hydroxylation is 1. The maximum absolute atomic E-state index is 12.3. The van der Waals surface area contributed by atoms with Crippen molar-refractivity contribution in [2.75, 3.05) is 33.1 Å². The van der Waals surface area contributed by atoms with E-state index >= 15 is 0 Å². The Morgan fingerprint density at radius 3 is 3.00 bits per heavy atom. The molecule has 4 rings (SSSR count). The summed E-state index contributed by atoms with van der Waals surface area (Å²) in [6.45, 7) is 0.976. The van der Waals surface area contributed by atoms with E-state index in [1.54, 1.807) is 37.9 Å². The lowest BCUT2D eigenvalue weighted by atomic mass is 9.75. The second kappa shape index (κ2) is 9.34. The highest BCUT2D eigenvalue weighted by atomic mass is 35.5. The van der Waals surface area contributed by atoms with Crippen LogP contribution in [0.1, 0.15) is 24.8 Å². The molecule has 0 aromatic carbocycles. The molecule has 0 bridgehead atoms. The van der Waals surface area contributed by atoms with Crippen LogP contribution in [-0.2, 0) is 11.2 Å². The van der Waals surface area contributed by atoms with Gasteiger partial charge in [-0.3, -0.25) is 9.79 Å². The summed E-state index contributed by atoms with van der Waals surface area (Å²) in [6.07, 6.45) is 11.1. The summed E-state index contributed by atoms with van der Waals surface area (Å²) in [5, 5.41) is 3.79. The van der Waals surface area contributed by atoms with Crippen LogP contribution in [0.4, 0.5) is 5.69 Å². The zero-order valence-electron chi connectivity index (χ0n) is 18.5. The van der Waals surface area contributed by atoms with Gasteiger partial charge in [0.1, 0.15) is 5.78 Å². The number of guanidine groups is 1. The van der Waals surface area contributed by atoms with E-state index in [9.17, 15) is 4.79 Å². The third-order valence-electron chi connectivity index (χ3n) is 5.72. The Labute approximate surface area is 192 Å². The normalized spacial score (nSPS) is 24.2. The molecule has 3 heterocycles. The predicted octanol–water partition coefficient (Wildman–Crippen LogP) is 3.25. The van der Waals surface area contributed by atoms with E-state index in [-0.39, 0.29) is 18.1 Å². The number of carbonyl (C=O) groups is 1. The van der Waals surface area contributed by atoms with Gasteiger partial charge < -0.3 is 15.0 Å². The zero-order valence-corrected chi connectivity index (χ0v) is 19.3. The van der Waals surface area contributed by atoms with E-state index < -0.39 is 5.66 Å². The molecule has 0 radical (unpaired) electrons. The number of methoxy groups -OCH3 is 1. The van der Waals surface area contributed by atoms with Gasteiger partial charge in [-0.05, 0) is 57.3 Å². The van der Waals surface area contributed by atoms with E-state index in [1.165, 1.54) is 0 Å². The van der Waals surface area contributed by atoms with Crippen LogP contribution in [0.25, 0.3) is 0 Å². The van der Waals surface area contributed by atoms with Crippen LogP contribution in [-0.4, -0.2) is 67.5 Å². The first-order valence-corrected chi connectivity index (χ1v) is 11.0. The number of nitrogens with zero attached hydrogens (tertiary/aromatic N) is 5. The largest absolute Gasteiger partial charge is 0.481 e. The van der Waals surface area contributed by atoms with E-state index in [0.29, 0.717) is 23.3 Å². The van der Waals surface area contributed by atoms with Gasteiger partial charge in [0.05, 0.1) is 24.9 Å². The maximum Gasteiger partial charge on any atom is 0.224 e. The van der Waals surface area contributed by atoms with Crippen molar-refractivity contribution < 1.29 is 9.53 Å². The number of carbonyl (C=O) groups excluding carboxylic acids is 1. The highest BCUT2D eigenvalue weighted by molar-refractivity contribution is 6.32. The van der Waals surface area contributed by atoms with Crippen molar-refractivity contribution in [3.63, 3.8) is 0 Å². The van der Waals surface area contributed by atoms with Crippen molar-refractivity contribution >= 4 is 41.5 Å². The first-order chi connectivity index (χ1) is 15.4. The minimum atomic E-state index is -0.903. The van der Waals surface area contributed by atoms with Crippen LogP contribution in [0.15, 0.2) is 50.0 Å². The Morgan fingerprint density at radius 1 is 1.38 bits per heavy atom. The average molecular weight is 455 g/mol. The van der Waals surface area contributed by atoms with Crippen molar-refractivity contribution in [3.8, 4) is 5.88 Å². The number of halogens is 1. The van der Waals surface area contributed by atoms with E-state index in [1.807, 2.05) is 6.07 Å². The van der Waals surface area contributed by atoms with Crippen LogP contribution in [0.3, 0.4) is 0 Å². The number of rotatable bonds is 6. The minimum Gasteiger partial charge on any atom is -0.481 e. The van der Waals surface area contributed by atoms with Gasteiger partial charge in [-0.25, -0.2) is 15.0 Å². The minimum absolute atomic E-state index is 0.137. The standard InChI is InChI=1S/C23H27ClN6O2/c1-30(2)8-4-5-15-9-19(14-25-21(15)32-3)28-22-26-13-17-12-20(31)11-16-10-18(24)6-7-27-23(16,17)29-22/h6-7,9-10,13-14,17H,4-5,8,11-12H2,1-3H3,(H,28,29). The van der Waals surface area contributed by atoms with Gasteiger partial charge in [0, 0.05) is 35.9 Å². The molecule has 1 N–H and O–H groups in total. The molecule has 0 amide bonds. The molecule has 1 aromatic rings. The van der Waals surface area contributed by atoms with Crippen molar-refractivity contribution in [2.24, 2.45) is 20.9 Å². The fraction of sp³-hybridized carbons (Fsp3) is 0.435. The van der Waals surface area contributed by atoms with Crippen molar-refractivity contribution in [1.82, 2.24) is 9.88 Å². The Morgan fingerprint density at radius 2 is 2.22 bits per heavy atom. The molecule has 1 fully saturated rings. The SMILES string of the molecule is COc1ncc(NC2=NC34N=CC=C(Cl)C=C3CC(=O)CC4C=N2)cc1CCCN(C)C. The summed E-state index contributed by atoms with van der Waals surface area (Å²) < 4.78 is 5.43. The maximum atomic E-state index is 12.3. The Bertz CT molecular complexity index is 1060. The van der Waals surface area contributed by atoms with Crippen LogP contribution >= 0.6 is 11.6 Å². The first-order valence-electron chi connectivity index (χ1n) is 10.6. The first kappa shape index (κ1) is 22.4. The third-order valence-corrected chi connectivity index (χ3v) is 5.96. The molecule has 0 saturated heterocycles. The molecule has 2 unspecified atom stereocenters. The topological polar surface area (TPSA) is 91.5 Å². The molecule has 3 aliphatic rings. The molecule has 2 atom stereocenters. The van der Waals surface area contributed by atoms with Gasteiger partial charge in [-0.1, -0.05) is 11.6 Å². The molecule has 1 spiro atoms. The zero-order chi connectivity index (χ0) is 22.7. The number of pyridine rings is 1. The van der Waals surface area contributed by atoms with Crippen molar-refractivity contribution in [2.45, 2.75) is 31.3 Å². The van der Waals surface area contributed by atoms with Gasteiger partial charge in [0.25, 0.3) is 0 Å². The summed E-state index contributed by atoms with van der Waals surface area (Å²) in [6, 6.07) is 2.01. The van der Waals surface area contributed by atoms with Gasteiger partial charge in [0.2, 0.25) is 11.8 Å². The molecule has 1 aromatic heterocycles. The van der Waals surface area contributed by atoms with Crippen molar-refractivity contribution in [1.29, 1.82) is 0 Å². The summed E-state index contributed by atoms with van der Waals surface area (Å²) in [5.41, 5.74) is 1.67. The lowest BCUT2D eigenvalue weighted by molar-refractivity contribution is -0.120. The fourth-order valence-corrected chi connectivity index (χ4v) is 4.40. The number of ether oxygens (including phenoxy) is 1. The number of aliphatic imine (C=N–C) groups is 3. The van der Waals surface area contributed by atoms with Crippen molar-refractivity contribution in [3.05, 3.63) is 40.6 Å². The summed E-state index contributed by atoms with van der Waals surface area (Å²) in [7, 11) is 5.74. The van der Waals surface area contributed by atoms with Gasteiger partial charge in [-0.2, -0.15) is 0 Å². The number of aromatic nitrogens is 1. The third kappa shape index (κ3) is 4.66. The second-order valence-corrected chi connectivity index (χ2v) is 8.83. The Balaban J connectivity index is 1.61. The number of nitrogens with one attached hydrogen (secondary N) is 1. The van der Waals surface area contributed by atoms with E-state index in [2.05, 4.69) is 34.3 Å². The molecule has 2 aliphatic heterocycles. The molecule has 168 valence electrons. The van der Waals surface area contributed by atoms with Crippen LogP contribution in [0, 0.1) is 5.92 Å². The second-order valence-electron chi connectivity index (χ2n) is 8.39. The molecule has 1 aliphatic carbocycles. The van der Waals surface area contributed by atoms with Crippen LogP contribution in [0.5, 0.6) is 5.88 Å². The number of hydrogen-bond donors (Lipinski definition) is 1. The monoisotopic (exact) mass is 454 g/mol. The molecule has 9 heteroatoms. The molecular weight excluding hydrogens is 428 g/mol. The lowest BCUT2D eigenvalue weighted by Gasteiger charge is -2.39. The van der Waals surface area contributed by atoms with Crippen LogP contribution in [0.2, 0.25) is 0 Å². The van der Waals surface area contributed by atoms with E-state index in [4.69, 9.17) is 26.3 Å².